The van der Waals surface area contributed by atoms with Crippen molar-refractivity contribution < 1.29 is 30.0 Å². The maximum atomic E-state index is 6.99. The Morgan fingerprint density at radius 3 is 1.91 bits per heavy atom. The van der Waals surface area contributed by atoms with Crippen LogP contribution in [-0.4, -0.2) is 32.6 Å². The van der Waals surface area contributed by atoms with E-state index in [-0.39, 0.29) is 26.5 Å². The van der Waals surface area contributed by atoms with Crippen molar-refractivity contribution in [1.82, 2.24) is 32.6 Å². The molecule has 16 rings (SSSR count). The molecule has 0 saturated heterocycles. The van der Waals surface area contributed by atoms with E-state index in [2.05, 4.69) is 242 Å². The van der Waals surface area contributed by atoms with Crippen LogP contribution >= 0.6 is 0 Å². The predicted octanol–water partition coefficient (Wildman–Crippen LogP) is 14.8. The summed E-state index contributed by atoms with van der Waals surface area (Å²) in [6.07, 6.45) is 5.81. The molecule has 0 bridgehead atoms. The van der Waals surface area contributed by atoms with Crippen LogP contribution in [0.1, 0.15) is 26.3 Å². The fourth-order valence-electron chi connectivity index (χ4n) is 11.7. The molecule has 9 aromatic carbocycles. The number of rotatable bonds is 5. The van der Waals surface area contributed by atoms with E-state index < -0.39 is 0 Å². The van der Waals surface area contributed by atoms with Crippen LogP contribution in [0.5, 0.6) is 0 Å². The average molecular weight is 1150 g/mol. The molecule has 0 aliphatic rings. The van der Waals surface area contributed by atoms with Gasteiger partial charge in [0.25, 0.3) is 6.33 Å². The smallest absolute Gasteiger partial charge is 0.268 e. The molecule has 10 heteroatoms. The van der Waals surface area contributed by atoms with E-state index in [9.17, 15) is 0 Å². The van der Waals surface area contributed by atoms with Gasteiger partial charge in [0, 0.05) is 54.5 Å². The maximum absolute atomic E-state index is 6.99. The molecule has 0 atom stereocenters. The standard InChI is InChI=1S/C65H42N8O.Pt/c1-65(2,3)40-32-33-66-62(34-40)71-51-25-11-6-20-44(51)46-37-58-59(38-57(46)71)73(64-67-48-22-8-12-26-52(48)72(58)64)60-36-41(35-47-45-21-7-17-31-61(45)74-63(47)60)68-39-69(54-28-14-13-27-53(54)68)55-29-15-16-30-56(55)70-49-23-9-4-18-42(49)43-19-5-10-24-50(43)70;/h4-35,37H,1-3H3;/q-2;. The Labute approximate surface area is 443 Å². The van der Waals surface area contributed by atoms with Crippen molar-refractivity contribution in [3.8, 4) is 28.6 Å². The second-order valence-corrected chi connectivity index (χ2v) is 20.3. The molecule has 0 amide bonds. The average Bonchev–Trinajstić information content (AvgIpc) is 4.41. The second-order valence-electron chi connectivity index (χ2n) is 20.3. The molecular formula is C65H42N8OPt-2. The monoisotopic (exact) mass is 1150 g/mol. The third-order valence-corrected chi connectivity index (χ3v) is 15.1. The Bertz CT molecular complexity index is 4980. The molecule has 0 saturated carbocycles. The first-order valence-corrected chi connectivity index (χ1v) is 25.0. The predicted molar refractivity (Wildman–Crippen MR) is 297 cm³/mol. The van der Waals surface area contributed by atoms with Gasteiger partial charge >= 0.3 is 0 Å². The molecule has 0 N–H and O–H groups in total. The van der Waals surface area contributed by atoms with Gasteiger partial charge in [0.15, 0.2) is 0 Å². The van der Waals surface area contributed by atoms with Crippen LogP contribution in [0.4, 0.5) is 0 Å². The molecule has 7 aromatic heterocycles. The summed E-state index contributed by atoms with van der Waals surface area (Å²) in [5.41, 5.74) is 16.0. The molecule has 9 nitrogen and oxygen atoms in total. The normalized spacial score (nSPS) is 12.4. The van der Waals surface area contributed by atoms with Crippen LogP contribution in [0.3, 0.4) is 0 Å². The number of nitrogens with zero attached hydrogens (tertiary/aromatic N) is 8. The van der Waals surface area contributed by atoms with Crippen LogP contribution in [0, 0.1) is 18.5 Å². The summed E-state index contributed by atoms with van der Waals surface area (Å²) in [6.45, 7) is 6.72. The minimum Gasteiger partial charge on any atom is -0.514 e. The first-order chi connectivity index (χ1) is 36.4. The molecule has 7 heterocycles. The minimum absolute atomic E-state index is 0. The molecule has 16 aromatic rings. The largest absolute Gasteiger partial charge is 0.514 e. The van der Waals surface area contributed by atoms with E-state index in [0.717, 1.165) is 111 Å². The fraction of sp³-hybridized carbons (Fsp3) is 0.0615. The SMILES string of the molecule is CC(C)(C)c1ccnc(-n2c3[c-]c4c(cc3c3ccccc32)n2c3ccccc3nc2n4-c2[c-]c(-n3[c-][n+](-c4ccccc4-n4c5ccccc5c5ccccc54)c4ccccc43)cc3c2oc2ccccc23)c1.[Pt]. The second kappa shape index (κ2) is 16.0. The van der Waals surface area contributed by atoms with Gasteiger partial charge in [-0.05, 0) is 99.4 Å². The number of para-hydroxylation sites is 10. The topological polar surface area (TPSA) is 66.9 Å². The van der Waals surface area contributed by atoms with Gasteiger partial charge in [-0.15, -0.1) is 24.3 Å². The molecular weight excluding hydrogens is 1100 g/mol. The summed E-state index contributed by atoms with van der Waals surface area (Å²) in [7, 11) is 0. The zero-order chi connectivity index (χ0) is 49.0. The number of benzene rings is 9. The number of fused-ring (bicyclic) bond motifs is 15. The Hall–Kier alpha value is -9.04. The van der Waals surface area contributed by atoms with Crippen LogP contribution in [-0.2, 0) is 26.5 Å². The Balaban J connectivity index is 0.00000495. The van der Waals surface area contributed by atoms with Crippen molar-refractivity contribution >= 4 is 104 Å². The zero-order valence-corrected chi connectivity index (χ0v) is 43.1. The van der Waals surface area contributed by atoms with Gasteiger partial charge in [0.05, 0.1) is 44.5 Å². The fourth-order valence-corrected chi connectivity index (χ4v) is 11.7. The van der Waals surface area contributed by atoms with Gasteiger partial charge in [-0.25, -0.2) is 9.97 Å². The molecule has 0 aliphatic heterocycles. The molecule has 75 heavy (non-hydrogen) atoms. The zero-order valence-electron chi connectivity index (χ0n) is 40.9. The van der Waals surface area contributed by atoms with E-state index in [1.807, 2.05) is 24.4 Å². The van der Waals surface area contributed by atoms with E-state index in [0.29, 0.717) is 11.3 Å². The van der Waals surface area contributed by atoms with E-state index in [1.54, 1.807) is 0 Å². The Morgan fingerprint density at radius 1 is 0.520 bits per heavy atom. The first-order valence-electron chi connectivity index (χ1n) is 25.0. The van der Waals surface area contributed by atoms with E-state index >= 15 is 0 Å². The van der Waals surface area contributed by atoms with E-state index in [1.165, 1.54) is 16.3 Å². The van der Waals surface area contributed by atoms with Crippen molar-refractivity contribution in [2.45, 2.75) is 26.2 Å². The molecule has 0 unspecified atom stereocenters. The Morgan fingerprint density at radius 2 is 1.15 bits per heavy atom. The van der Waals surface area contributed by atoms with Crippen molar-refractivity contribution in [2.24, 2.45) is 0 Å². The molecule has 0 spiro atoms. The summed E-state index contributed by atoms with van der Waals surface area (Å²) in [4.78, 5) is 10.4. The molecule has 0 fully saturated rings. The molecule has 0 aliphatic carbocycles. The van der Waals surface area contributed by atoms with Gasteiger partial charge in [0.2, 0.25) is 5.78 Å². The minimum atomic E-state index is -0.0786. The summed E-state index contributed by atoms with van der Waals surface area (Å²) in [6, 6.07) is 76.4. The number of furan rings is 1. The Kier molecular flexibility index (Phi) is 9.27. The maximum Gasteiger partial charge on any atom is 0.268 e. The summed E-state index contributed by atoms with van der Waals surface area (Å²) in [5.74, 6) is 1.56. The van der Waals surface area contributed by atoms with Crippen LogP contribution in [0.15, 0.2) is 205 Å². The van der Waals surface area contributed by atoms with E-state index in [4.69, 9.17) is 14.4 Å². The van der Waals surface area contributed by atoms with Crippen LogP contribution in [0.2, 0.25) is 0 Å². The van der Waals surface area contributed by atoms with Crippen molar-refractivity contribution in [1.29, 1.82) is 0 Å². The number of hydrogen-bond donors (Lipinski definition) is 0. The summed E-state index contributed by atoms with van der Waals surface area (Å²) < 4.78 is 20.4. The van der Waals surface area contributed by atoms with Gasteiger partial charge in [-0.3, -0.25) is 4.57 Å². The summed E-state index contributed by atoms with van der Waals surface area (Å²) >= 11 is 0. The number of pyridine rings is 1. The number of hydrogen-bond acceptors (Lipinski definition) is 3. The number of imidazole rings is 3. The first kappa shape index (κ1) is 43.5. The van der Waals surface area contributed by atoms with Crippen molar-refractivity contribution in [3.63, 3.8) is 0 Å². The van der Waals surface area contributed by atoms with Crippen LogP contribution < -0.4 is 4.57 Å². The van der Waals surface area contributed by atoms with Gasteiger partial charge < -0.3 is 27.1 Å². The quantitative estimate of drug-likeness (QED) is 0.127. The van der Waals surface area contributed by atoms with Gasteiger partial charge in [-0.1, -0.05) is 158 Å². The number of aromatic nitrogens is 8. The van der Waals surface area contributed by atoms with Crippen LogP contribution in [0.25, 0.3) is 133 Å². The third kappa shape index (κ3) is 6.19. The van der Waals surface area contributed by atoms with Crippen molar-refractivity contribution in [2.75, 3.05) is 0 Å². The molecule has 0 radical (unpaired) electrons. The van der Waals surface area contributed by atoms with Crippen molar-refractivity contribution in [3.05, 3.63) is 224 Å². The molecule has 360 valence electrons. The van der Waals surface area contributed by atoms with Gasteiger partial charge in [-0.2, -0.15) is 0 Å². The third-order valence-electron chi connectivity index (χ3n) is 15.1. The van der Waals surface area contributed by atoms with Gasteiger partial charge in [0.1, 0.15) is 11.4 Å². The summed E-state index contributed by atoms with van der Waals surface area (Å²) in [5, 5.41) is 6.54.